The summed E-state index contributed by atoms with van der Waals surface area (Å²) >= 11 is 0. The summed E-state index contributed by atoms with van der Waals surface area (Å²) in [5, 5.41) is 2.38. The van der Waals surface area contributed by atoms with Crippen molar-refractivity contribution in [1.29, 1.82) is 0 Å². The number of aromatic nitrogens is 2. The van der Waals surface area contributed by atoms with Gasteiger partial charge in [-0.15, -0.1) is 0 Å². The van der Waals surface area contributed by atoms with Crippen molar-refractivity contribution in [2.24, 2.45) is 0 Å². The molecule has 56 heavy (non-hydrogen) atoms. The maximum atomic E-state index is 5.48. The number of hydrogen-bond donors (Lipinski definition) is 0. The van der Waals surface area contributed by atoms with Crippen LogP contribution in [0.15, 0.2) is 182 Å². The number of hydrogen-bond acceptors (Lipinski definition) is 2. The van der Waals surface area contributed by atoms with Gasteiger partial charge in [-0.05, 0) is 95.7 Å². The van der Waals surface area contributed by atoms with E-state index >= 15 is 0 Å². The molecule has 1 aromatic heterocycles. The standard InChI is InChI=1S/C54H36N2/c1-53(2)43-21-9-5-16-37(43)40-29-28-35(31-48(40)53)49-32-50(56-52(55-49)36-27-26-33-14-3-4-15-34(33)30-36)42-20-13-25-47-51(42)41-19-8-12-24-46(41)54(47)44-22-10-6-17-38(44)39-18-7-11-23-45(39)54/h3-32H,1-2H3. The van der Waals surface area contributed by atoms with Crippen LogP contribution in [-0.2, 0) is 10.8 Å². The van der Waals surface area contributed by atoms with Crippen LogP contribution in [0.3, 0.4) is 0 Å². The molecule has 0 fully saturated rings. The highest BCUT2D eigenvalue weighted by Gasteiger charge is 2.52. The summed E-state index contributed by atoms with van der Waals surface area (Å²) in [5.74, 6) is 0.724. The van der Waals surface area contributed by atoms with E-state index in [1.54, 1.807) is 0 Å². The molecule has 0 bridgehead atoms. The topological polar surface area (TPSA) is 25.8 Å². The van der Waals surface area contributed by atoms with E-state index in [0.29, 0.717) is 0 Å². The Hall–Kier alpha value is -6.90. The molecule has 0 N–H and O–H groups in total. The van der Waals surface area contributed by atoms with Crippen molar-refractivity contribution in [2.75, 3.05) is 0 Å². The molecule has 3 aliphatic rings. The zero-order valence-corrected chi connectivity index (χ0v) is 31.2. The first kappa shape index (κ1) is 31.5. The summed E-state index contributed by atoms with van der Waals surface area (Å²) in [4.78, 5) is 10.9. The number of rotatable bonds is 3. The van der Waals surface area contributed by atoms with Crippen molar-refractivity contribution in [3.8, 4) is 67.3 Å². The van der Waals surface area contributed by atoms with Gasteiger partial charge in [-0.1, -0.05) is 178 Å². The number of benzene rings is 8. The lowest BCUT2D eigenvalue weighted by atomic mass is 9.70. The molecule has 1 heterocycles. The predicted octanol–water partition coefficient (Wildman–Crippen LogP) is 13.3. The Bertz CT molecular complexity index is 3080. The van der Waals surface area contributed by atoms with Crippen LogP contribution in [0.5, 0.6) is 0 Å². The molecule has 0 radical (unpaired) electrons. The van der Waals surface area contributed by atoms with Gasteiger partial charge in [0.2, 0.25) is 0 Å². The van der Waals surface area contributed by atoms with Crippen LogP contribution in [0.1, 0.15) is 47.2 Å². The van der Waals surface area contributed by atoms with E-state index in [0.717, 1.165) is 33.9 Å². The molecule has 8 aromatic carbocycles. The van der Waals surface area contributed by atoms with Crippen LogP contribution in [0.25, 0.3) is 78.1 Å². The molecule has 2 nitrogen and oxygen atoms in total. The van der Waals surface area contributed by atoms with E-state index in [-0.39, 0.29) is 5.41 Å². The lowest BCUT2D eigenvalue weighted by molar-refractivity contribution is 0.660. The van der Waals surface area contributed by atoms with E-state index in [4.69, 9.17) is 9.97 Å². The molecular weight excluding hydrogens is 677 g/mol. The Balaban J connectivity index is 1.12. The lowest BCUT2D eigenvalue weighted by Gasteiger charge is -2.30. The fourth-order valence-electron chi connectivity index (χ4n) is 10.4. The van der Waals surface area contributed by atoms with Crippen molar-refractivity contribution >= 4 is 10.8 Å². The van der Waals surface area contributed by atoms with Gasteiger partial charge in [0, 0.05) is 22.1 Å². The van der Waals surface area contributed by atoms with Gasteiger partial charge < -0.3 is 0 Å². The lowest BCUT2D eigenvalue weighted by Crippen LogP contribution is -2.25. The van der Waals surface area contributed by atoms with Crippen molar-refractivity contribution in [3.63, 3.8) is 0 Å². The maximum absolute atomic E-state index is 5.48. The van der Waals surface area contributed by atoms with Gasteiger partial charge in [0.15, 0.2) is 5.82 Å². The van der Waals surface area contributed by atoms with Crippen LogP contribution < -0.4 is 0 Å². The van der Waals surface area contributed by atoms with Crippen LogP contribution in [0, 0.1) is 0 Å². The summed E-state index contributed by atoms with van der Waals surface area (Å²) in [6, 6.07) is 66.9. The van der Waals surface area contributed by atoms with Crippen molar-refractivity contribution in [1.82, 2.24) is 9.97 Å². The molecule has 3 aliphatic carbocycles. The zero-order chi connectivity index (χ0) is 37.2. The first-order chi connectivity index (χ1) is 27.5. The molecule has 262 valence electrons. The third-order valence-electron chi connectivity index (χ3n) is 12.9. The summed E-state index contributed by atoms with van der Waals surface area (Å²) in [6.45, 7) is 4.68. The molecule has 9 aromatic rings. The summed E-state index contributed by atoms with van der Waals surface area (Å²) in [6.07, 6.45) is 0. The van der Waals surface area contributed by atoms with E-state index in [9.17, 15) is 0 Å². The molecule has 0 amide bonds. The Kier molecular flexibility index (Phi) is 6.36. The number of nitrogens with zero attached hydrogens (tertiary/aromatic N) is 2. The first-order valence-electron chi connectivity index (χ1n) is 19.6. The highest BCUT2D eigenvalue weighted by Crippen LogP contribution is 2.64. The van der Waals surface area contributed by atoms with E-state index in [1.807, 2.05) is 0 Å². The molecule has 2 heteroatoms. The molecular formula is C54H36N2. The Morgan fingerprint density at radius 2 is 0.857 bits per heavy atom. The van der Waals surface area contributed by atoms with Gasteiger partial charge in [0.05, 0.1) is 16.8 Å². The molecule has 0 saturated heterocycles. The van der Waals surface area contributed by atoms with Crippen molar-refractivity contribution in [2.45, 2.75) is 24.7 Å². The predicted molar refractivity (Wildman–Crippen MR) is 230 cm³/mol. The first-order valence-corrected chi connectivity index (χ1v) is 19.6. The van der Waals surface area contributed by atoms with Crippen LogP contribution in [-0.4, -0.2) is 9.97 Å². The Morgan fingerprint density at radius 1 is 0.339 bits per heavy atom. The normalized spacial score (nSPS) is 14.5. The van der Waals surface area contributed by atoms with Crippen LogP contribution >= 0.6 is 0 Å². The van der Waals surface area contributed by atoms with Gasteiger partial charge >= 0.3 is 0 Å². The fourth-order valence-corrected chi connectivity index (χ4v) is 10.4. The number of fused-ring (bicyclic) bond motifs is 14. The second-order valence-electron chi connectivity index (χ2n) is 16.1. The summed E-state index contributed by atoms with van der Waals surface area (Å²) < 4.78 is 0. The minimum atomic E-state index is -0.424. The highest BCUT2D eigenvalue weighted by molar-refractivity contribution is 6.00. The fraction of sp³-hybridized carbons (Fsp3) is 0.0741. The average Bonchev–Trinajstić information content (AvgIpc) is 3.82. The Morgan fingerprint density at radius 3 is 1.59 bits per heavy atom. The van der Waals surface area contributed by atoms with Crippen molar-refractivity contribution in [3.05, 3.63) is 215 Å². The smallest absolute Gasteiger partial charge is 0.160 e. The highest BCUT2D eigenvalue weighted by atomic mass is 14.9. The largest absolute Gasteiger partial charge is 0.228 e. The monoisotopic (exact) mass is 712 g/mol. The minimum Gasteiger partial charge on any atom is -0.228 e. The van der Waals surface area contributed by atoms with Gasteiger partial charge in [-0.2, -0.15) is 0 Å². The molecule has 0 aliphatic heterocycles. The Labute approximate surface area is 326 Å². The molecule has 12 rings (SSSR count). The van der Waals surface area contributed by atoms with Gasteiger partial charge in [0.1, 0.15) is 0 Å². The van der Waals surface area contributed by atoms with E-state index in [1.165, 1.54) is 77.5 Å². The zero-order valence-electron chi connectivity index (χ0n) is 31.2. The minimum absolute atomic E-state index is 0.120. The van der Waals surface area contributed by atoms with E-state index < -0.39 is 5.41 Å². The van der Waals surface area contributed by atoms with Crippen LogP contribution in [0.2, 0.25) is 0 Å². The van der Waals surface area contributed by atoms with Crippen LogP contribution in [0.4, 0.5) is 0 Å². The van der Waals surface area contributed by atoms with Gasteiger partial charge in [-0.3, -0.25) is 0 Å². The molecule has 0 unspecified atom stereocenters. The SMILES string of the molecule is CC1(C)c2ccccc2-c2ccc(-c3cc(-c4cccc5c4-c4ccccc4C54c5ccccc5-c5ccccc54)nc(-c4ccc5ccccc5c4)n3)cc21. The average molecular weight is 713 g/mol. The molecule has 0 saturated carbocycles. The quantitative estimate of drug-likeness (QED) is 0.182. The second kappa shape index (κ2) is 11.3. The summed E-state index contributed by atoms with van der Waals surface area (Å²) in [7, 11) is 0. The van der Waals surface area contributed by atoms with Gasteiger partial charge in [-0.25, -0.2) is 9.97 Å². The molecule has 1 spiro atoms. The van der Waals surface area contributed by atoms with Gasteiger partial charge in [0.25, 0.3) is 0 Å². The molecule has 0 atom stereocenters. The third-order valence-corrected chi connectivity index (χ3v) is 12.9. The maximum Gasteiger partial charge on any atom is 0.160 e. The summed E-state index contributed by atoms with van der Waals surface area (Å²) in [5.41, 5.74) is 20.3. The second-order valence-corrected chi connectivity index (χ2v) is 16.1. The van der Waals surface area contributed by atoms with Crippen molar-refractivity contribution < 1.29 is 0 Å². The third kappa shape index (κ3) is 4.11. The van der Waals surface area contributed by atoms with E-state index in [2.05, 4.69) is 196 Å².